The van der Waals surface area contributed by atoms with Gasteiger partial charge < -0.3 is 10.4 Å². The van der Waals surface area contributed by atoms with Crippen LogP contribution in [0.5, 0.6) is 0 Å². The molecular weight excluding hydrogens is 324 g/mol. The first-order valence-corrected chi connectivity index (χ1v) is 7.63. The number of aliphatic carboxylic acids is 1. The van der Waals surface area contributed by atoms with Crippen molar-refractivity contribution in [3.05, 3.63) is 38.9 Å². The number of nitro groups is 1. The van der Waals surface area contributed by atoms with Crippen molar-refractivity contribution in [2.75, 3.05) is 0 Å². The normalized spacial score (nSPS) is 24.0. The van der Waals surface area contributed by atoms with Gasteiger partial charge in [-0.15, -0.1) is 0 Å². The van der Waals surface area contributed by atoms with E-state index < -0.39 is 28.0 Å². The van der Waals surface area contributed by atoms with Crippen LogP contribution < -0.4 is 5.32 Å². The van der Waals surface area contributed by atoms with Gasteiger partial charge in [0.2, 0.25) is 0 Å². The van der Waals surface area contributed by atoms with E-state index in [4.69, 9.17) is 11.6 Å². The number of nitrogens with one attached hydrogen (secondary N) is 1. The van der Waals surface area contributed by atoms with Crippen LogP contribution in [0.15, 0.2) is 18.2 Å². The predicted molar refractivity (Wildman–Crippen MR) is 83.6 cm³/mol. The molecule has 7 nitrogen and oxygen atoms in total. The van der Waals surface area contributed by atoms with Gasteiger partial charge in [0.1, 0.15) is 11.1 Å². The number of hydrogen-bond donors (Lipinski definition) is 2. The lowest BCUT2D eigenvalue weighted by Gasteiger charge is -2.36. The Hall–Kier alpha value is -2.15. The van der Waals surface area contributed by atoms with Crippen LogP contribution in [-0.4, -0.2) is 27.4 Å². The average molecular weight is 341 g/mol. The number of nitrogens with zero attached hydrogens (tertiary/aromatic N) is 1. The number of carboxylic acids is 1. The number of halogens is 1. The lowest BCUT2D eigenvalue weighted by molar-refractivity contribution is -0.385. The summed E-state index contributed by atoms with van der Waals surface area (Å²) in [6.45, 7) is 2.03. The summed E-state index contributed by atoms with van der Waals surface area (Å²) < 4.78 is 0. The molecular formula is C15H17ClN2O5. The molecule has 23 heavy (non-hydrogen) atoms. The fourth-order valence-corrected chi connectivity index (χ4v) is 2.95. The van der Waals surface area contributed by atoms with Crippen molar-refractivity contribution in [3.63, 3.8) is 0 Å². The fraction of sp³-hybridized carbons (Fsp3) is 0.467. The van der Waals surface area contributed by atoms with Gasteiger partial charge in [-0.3, -0.25) is 14.9 Å². The Bertz CT molecular complexity index is 653. The SMILES string of the molecule is CC1CCC(NC(=O)c2ccc(Cl)cc2[N+](=O)[O-])(C(=O)O)CC1. The third-order valence-corrected chi connectivity index (χ3v) is 4.53. The first-order valence-electron chi connectivity index (χ1n) is 7.25. The minimum absolute atomic E-state index is 0.132. The quantitative estimate of drug-likeness (QED) is 0.646. The Balaban J connectivity index is 2.30. The smallest absolute Gasteiger partial charge is 0.329 e. The number of carbonyl (C=O) groups is 2. The molecule has 0 heterocycles. The van der Waals surface area contributed by atoms with Crippen LogP contribution in [-0.2, 0) is 4.79 Å². The van der Waals surface area contributed by atoms with Gasteiger partial charge in [0.25, 0.3) is 11.6 Å². The van der Waals surface area contributed by atoms with Crippen LogP contribution in [0.4, 0.5) is 5.69 Å². The third kappa shape index (κ3) is 3.61. The predicted octanol–water partition coefficient (Wildman–Crippen LogP) is 3.01. The molecule has 124 valence electrons. The second kappa shape index (κ2) is 6.54. The lowest BCUT2D eigenvalue weighted by Crippen LogP contribution is -2.56. The van der Waals surface area contributed by atoms with Crippen LogP contribution in [0.25, 0.3) is 0 Å². The highest BCUT2D eigenvalue weighted by molar-refractivity contribution is 6.31. The Morgan fingerprint density at radius 1 is 1.39 bits per heavy atom. The van der Waals surface area contributed by atoms with Crippen molar-refractivity contribution in [1.29, 1.82) is 0 Å². The fourth-order valence-electron chi connectivity index (χ4n) is 2.78. The van der Waals surface area contributed by atoms with Crippen LogP contribution in [0, 0.1) is 16.0 Å². The highest BCUT2D eigenvalue weighted by atomic mass is 35.5. The van der Waals surface area contributed by atoms with Crippen molar-refractivity contribution >= 4 is 29.2 Å². The highest BCUT2D eigenvalue weighted by Crippen LogP contribution is 2.33. The molecule has 1 saturated carbocycles. The molecule has 1 aliphatic rings. The molecule has 1 amide bonds. The summed E-state index contributed by atoms with van der Waals surface area (Å²) in [5.74, 6) is -1.50. The maximum Gasteiger partial charge on any atom is 0.329 e. The lowest BCUT2D eigenvalue weighted by atomic mass is 9.77. The highest BCUT2D eigenvalue weighted by Gasteiger charge is 2.43. The molecule has 2 N–H and O–H groups in total. The van der Waals surface area contributed by atoms with E-state index in [9.17, 15) is 24.8 Å². The van der Waals surface area contributed by atoms with Gasteiger partial charge in [0.15, 0.2) is 0 Å². The third-order valence-electron chi connectivity index (χ3n) is 4.29. The minimum Gasteiger partial charge on any atom is -0.480 e. The molecule has 0 unspecified atom stereocenters. The first-order chi connectivity index (χ1) is 10.7. The summed E-state index contributed by atoms with van der Waals surface area (Å²) in [6, 6.07) is 3.67. The van der Waals surface area contributed by atoms with E-state index in [0.717, 1.165) is 6.07 Å². The maximum absolute atomic E-state index is 12.4. The van der Waals surface area contributed by atoms with E-state index in [-0.39, 0.29) is 10.6 Å². The number of hydrogen-bond acceptors (Lipinski definition) is 4. The zero-order valence-electron chi connectivity index (χ0n) is 12.5. The molecule has 2 rings (SSSR count). The summed E-state index contributed by atoms with van der Waals surface area (Å²) in [5.41, 5.74) is -2.02. The molecule has 0 saturated heterocycles. The van der Waals surface area contributed by atoms with Gasteiger partial charge in [-0.2, -0.15) is 0 Å². The molecule has 0 spiro atoms. The summed E-state index contributed by atoms with van der Waals surface area (Å²) in [7, 11) is 0. The monoisotopic (exact) mass is 340 g/mol. The van der Waals surface area contributed by atoms with E-state index in [1.165, 1.54) is 12.1 Å². The molecule has 0 aliphatic heterocycles. The van der Waals surface area contributed by atoms with Gasteiger partial charge in [-0.05, 0) is 43.7 Å². The van der Waals surface area contributed by atoms with Crippen molar-refractivity contribution in [2.45, 2.75) is 38.1 Å². The summed E-state index contributed by atoms with van der Waals surface area (Å²) in [4.78, 5) is 34.4. The molecule has 8 heteroatoms. The number of amides is 1. The largest absolute Gasteiger partial charge is 0.480 e. The zero-order valence-corrected chi connectivity index (χ0v) is 13.3. The van der Waals surface area contributed by atoms with Crippen molar-refractivity contribution in [3.8, 4) is 0 Å². The van der Waals surface area contributed by atoms with E-state index in [0.29, 0.717) is 31.6 Å². The van der Waals surface area contributed by atoms with Crippen LogP contribution >= 0.6 is 11.6 Å². The first kappa shape index (κ1) is 17.2. The molecule has 0 radical (unpaired) electrons. The van der Waals surface area contributed by atoms with Gasteiger partial charge in [0, 0.05) is 11.1 Å². The molecule has 0 aromatic heterocycles. The summed E-state index contributed by atoms with van der Waals surface area (Å²) in [5, 5.41) is 23.2. The van der Waals surface area contributed by atoms with Gasteiger partial charge in [-0.1, -0.05) is 18.5 Å². The molecule has 1 fully saturated rings. The van der Waals surface area contributed by atoms with Crippen molar-refractivity contribution < 1.29 is 19.6 Å². The van der Waals surface area contributed by atoms with E-state index in [2.05, 4.69) is 5.32 Å². The topological polar surface area (TPSA) is 110 Å². The van der Waals surface area contributed by atoms with Crippen LogP contribution in [0.1, 0.15) is 43.0 Å². The number of nitro benzene ring substituents is 1. The Morgan fingerprint density at radius 2 is 2.00 bits per heavy atom. The van der Waals surface area contributed by atoms with Gasteiger partial charge >= 0.3 is 5.97 Å². The van der Waals surface area contributed by atoms with E-state index in [1.54, 1.807) is 0 Å². The average Bonchev–Trinajstić information content (AvgIpc) is 2.49. The number of rotatable bonds is 4. The molecule has 1 aromatic rings. The minimum atomic E-state index is -1.38. The van der Waals surface area contributed by atoms with E-state index in [1.807, 2.05) is 6.92 Å². The Labute approximate surface area is 137 Å². The van der Waals surface area contributed by atoms with Gasteiger partial charge in [0.05, 0.1) is 4.92 Å². The Morgan fingerprint density at radius 3 is 2.52 bits per heavy atom. The van der Waals surface area contributed by atoms with Gasteiger partial charge in [-0.25, -0.2) is 4.79 Å². The number of carbonyl (C=O) groups excluding carboxylic acids is 1. The second-order valence-electron chi connectivity index (χ2n) is 5.94. The number of carboxylic acid groups (broad SMARTS) is 1. The number of benzene rings is 1. The molecule has 1 aromatic carbocycles. The maximum atomic E-state index is 12.4. The van der Waals surface area contributed by atoms with E-state index >= 15 is 0 Å². The molecule has 0 atom stereocenters. The van der Waals surface area contributed by atoms with Crippen LogP contribution in [0.3, 0.4) is 0 Å². The summed E-state index contributed by atoms with van der Waals surface area (Å²) >= 11 is 5.72. The molecule has 1 aliphatic carbocycles. The molecule has 0 bridgehead atoms. The summed E-state index contributed by atoms with van der Waals surface area (Å²) in [6.07, 6.45) is 1.96. The second-order valence-corrected chi connectivity index (χ2v) is 6.38. The van der Waals surface area contributed by atoms with Crippen LogP contribution in [0.2, 0.25) is 5.02 Å². The van der Waals surface area contributed by atoms with Crippen molar-refractivity contribution in [1.82, 2.24) is 5.32 Å². The van der Waals surface area contributed by atoms with Crippen molar-refractivity contribution in [2.24, 2.45) is 5.92 Å². The standard InChI is InChI=1S/C15H17ClN2O5/c1-9-4-6-15(7-5-9,14(20)21)17-13(19)11-3-2-10(16)8-12(11)18(22)23/h2-3,8-9H,4-7H2,1H3,(H,17,19)(H,20,21). The zero-order chi connectivity index (χ0) is 17.2. The Kier molecular flexibility index (Phi) is 4.89.